The van der Waals surface area contributed by atoms with Gasteiger partial charge in [-0.15, -0.1) is 10.2 Å². The van der Waals surface area contributed by atoms with E-state index in [4.69, 9.17) is 10.8 Å². The normalized spacial score (nSPS) is 18.7. The van der Waals surface area contributed by atoms with Crippen LogP contribution >= 0.6 is 11.3 Å². The molecule has 0 aromatic carbocycles. The van der Waals surface area contributed by atoms with Crippen LogP contribution in [0.25, 0.3) is 4.96 Å². The van der Waals surface area contributed by atoms with Crippen molar-refractivity contribution in [1.82, 2.24) is 19.8 Å². The Kier molecular flexibility index (Phi) is 4.54. The van der Waals surface area contributed by atoms with Crippen molar-refractivity contribution in [2.24, 2.45) is 11.7 Å². The third kappa shape index (κ3) is 3.11. The summed E-state index contributed by atoms with van der Waals surface area (Å²) in [4.78, 5) is 0.924. The Balaban J connectivity index is 1.87. The van der Waals surface area contributed by atoms with Crippen LogP contribution in [0.3, 0.4) is 0 Å². The molecule has 6 heteroatoms. The minimum absolute atomic E-state index is 0.343. The highest BCUT2D eigenvalue weighted by atomic mass is 32.1. The highest BCUT2D eigenvalue weighted by Gasteiger charge is 2.24. The van der Waals surface area contributed by atoms with E-state index >= 15 is 0 Å². The average molecular weight is 307 g/mol. The molecule has 2 heterocycles. The molecule has 1 fully saturated rings. The molecule has 0 radical (unpaired) electrons. The molecule has 1 aliphatic carbocycles. The van der Waals surface area contributed by atoms with Gasteiger partial charge in [-0.2, -0.15) is 9.61 Å². The van der Waals surface area contributed by atoms with Gasteiger partial charge in [-0.25, -0.2) is 0 Å². The summed E-state index contributed by atoms with van der Waals surface area (Å²) in [6.07, 6.45) is 7.48. The van der Waals surface area contributed by atoms with E-state index < -0.39 is 0 Å². The van der Waals surface area contributed by atoms with Crippen molar-refractivity contribution in [2.75, 3.05) is 6.54 Å². The molecule has 0 amide bonds. The molecule has 1 unspecified atom stereocenters. The quantitative estimate of drug-likeness (QED) is 0.920. The Labute approximate surface area is 129 Å². The van der Waals surface area contributed by atoms with E-state index in [1.54, 1.807) is 11.3 Å². The number of nitrogens with two attached hydrogens (primary N) is 1. The third-order valence-electron chi connectivity index (χ3n) is 4.39. The molecule has 116 valence electrons. The van der Waals surface area contributed by atoms with Crippen molar-refractivity contribution < 1.29 is 0 Å². The Hall–Kier alpha value is -1.01. The van der Waals surface area contributed by atoms with Crippen molar-refractivity contribution in [2.45, 2.75) is 64.2 Å². The molecule has 1 atom stereocenters. The van der Waals surface area contributed by atoms with Gasteiger partial charge in [0.05, 0.1) is 0 Å². The van der Waals surface area contributed by atoms with Gasteiger partial charge in [0.15, 0.2) is 5.82 Å². The van der Waals surface area contributed by atoms with Crippen LogP contribution in [0.4, 0.5) is 0 Å². The molecule has 2 aromatic heterocycles. The fraction of sp³-hybridized carbons (Fsp3) is 0.800. The summed E-state index contributed by atoms with van der Waals surface area (Å²) < 4.78 is 1.99. The van der Waals surface area contributed by atoms with Gasteiger partial charge in [0.25, 0.3) is 0 Å². The van der Waals surface area contributed by atoms with Gasteiger partial charge in [0, 0.05) is 18.4 Å². The van der Waals surface area contributed by atoms with Crippen LogP contribution in [0.2, 0.25) is 0 Å². The fourth-order valence-corrected chi connectivity index (χ4v) is 4.27. The number of fused-ring (bicyclic) bond motifs is 1. The van der Waals surface area contributed by atoms with E-state index in [1.165, 1.54) is 32.1 Å². The first kappa shape index (κ1) is 14.9. The molecular formula is C15H25N5S. The van der Waals surface area contributed by atoms with Crippen molar-refractivity contribution in [3.05, 3.63) is 10.8 Å². The van der Waals surface area contributed by atoms with Crippen LogP contribution in [0.5, 0.6) is 0 Å². The largest absolute Gasteiger partial charge is 0.330 e. The molecule has 0 bridgehead atoms. The van der Waals surface area contributed by atoms with Crippen LogP contribution in [0, 0.1) is 5.92 Å². The predicted molar refractivity (Wildman–Crippen MR) is 85.7 cm³/mol. The molecule has 3 rings (SSSR count). The topological polar surface area (TPSA) is 69.1 Å². The van der Waals surface area contributed by atoms with Crippen molar-refractivity contribution in [1.29, 1.82) is 0 Å². The van der Waals surface area contributed by atoms with E-state index in [1.807, 2.05) is 4.52 Å². The first-order valence-electron chi connectivity index (χ1n) is 8.11. The lowest BCUT2D eigenvalue weighted by Crippen LogP contribution is -2.15. The summed E-state index contributed by atoms with van der Waals surface area (Å²) in [6, 6.07) is 0. The highest BCUT2D eigenvalue weighted by Crippen LogP contribution is 2.33. The molecule has 0 aliphatic heterocycles. The van der Waals surface area contributed by atoms with Crippen LogP contribution < -0.4 is 5.73 Å². The van der Waals surface area contributed by atoms with E-state index in [0.717, 1.165) is 22.2 Å². The third-order valence-corrected chi connectivity index (χ3v) is 5.45. The van der Waals surface area contributed by atoms with Gasteiger partial charge in [-0.05, 0) is 25.2 Å². The lowest BCUT2D eigenvalue weighted by atomic mass is 9.89. The fourth-order valence-electron chi connectivity index (χ4n) is 3.29. The van der Waals surface area contributed by atoms with Gasteiger partial charge < -0.3 is 5.73 Å². The van der Waals surface area contributed by atoms with Gasteiger partial charge in [-0.1, -0.05) is 44.4 Å². The van der Waals surface area contributed by atoms with Crippen LogP contribution in [0.15, 0.2) is 0 Å². The first-order chi connectivity index (χ1) is 10.2. The molecule has 2 N–H and O–H groups in total. The molecule has 0 spiro atoms. The van der Waals surface area contributed by atoms with E-state index in [9.17, 15) is 0 Å². The Morgan fingerprint density at radius 3 is 2.67 bits per heavy atom. The molecule has 1 aliphatic rings. The molecule has 2 aromatic rings. The van der Waals surface area contributed by atoms with Crippen molar-refractivity contribution in [3.63, 3.8) is 0 Å². The number of aromatic nitrogens is 4. The monoisotopic (exact) mass is 307 g/mol. The Morgan fingerprint density at radius 2 is 2.00 bits per heavy atom. The van der Waals surface area contributed by atoms with E-state index in [2.05, 4.69) is 24.0 Å². The molecule has 1 saturated carbocycles. The minimum atomic E-state index is 0.343. The van der Waals surface area contributed by atoms with Crippen LogP contribution in [-0.4, -0.2) is 26.4 Å². The first-order valence-corrected chi connectivity index (χ1v) is 8.92. The maximum Gasteiger partial charge on any atom is 0.234 e. The summed E-state index contributed by atoms with van der Waals surface area (Å²) in [6.45, 7) is 5.12. The SMILES string of the molecule is CC(C)CC(CN)c1nn2c(C3CCCCC3)nnc2s1. The lowest BCUT2D eigenvalue weighted by molar-refractivity contribution is 0.422. The van der Waals surface area contributed by atoms with Gasteiger partial charge in [0.2, 0.25) is 4.96 Å². The second-order valence-electron chi connectivity index (χ2n) is 6.59. The summed E-state index contributed by atoms with van der Waals surface area (Å²) in [7, 11) is 0. The molecule has 21 heavy (non-hydrogen) atoms. The second-order valence-corrected chi connectivity index (χ2v) is 7.58. The molecule has 5 nitrogen and oxygen atoms in total. The lowest BCUT2D eigenvalue weighted by Gasteiger charge is -2.19. The molecule has 0 saturated heterocycles. The molecular weight excluding hydrogens is 282 g/mol. The maximum absolute atomic E-state index is 5.95. The van der Waals surface area contributed by atoms with Crippen molar-refractivity contribution >= 4 is 16.3 Å². The van der Waals surface area contributed by atoms with E-state index in [0.29, 0.717) is 24.3 Å². The Bertz CT molecular complexity index is 582. The summed E-state index contributed by atoms with van der Waals surface area (Å²) in [5, 5.41) is 14.7. The zero-order chi connectivity index (χ0) is 14.8. The van der Waals surface area contributed by atoms with Crippen LogP contribution in [-0.2, 0) is 0 Å². The Morgan fingerprint density at radius 1 is 1.24 bits per heavy atom. The van der Waals surface area contributed by atoms with Gasteiger partial charge in [-0.3, -0.25) is 0 Å². The predicted octanol–water partition coefficient (Wildman–Crippen LogP) is 3.32. The smallest absolute Gasteiger partial charge is 0.234 e. The van der Waals surface area contributed by atoms with Gasteiger partial charge >= 0.3 is 0 Å². The maximum atomic E-state index is 5.95. The number of hydrogen-bond acceptors (Lipinski definition) is 5. The van der Waals surface area contributed by atoms with Crippen LogP contribution in [0.1, 0.15) is 75.0 Å². The number of hydrogen-bond donors (Lipinski definition) is 1. The minimum Gasteiger partial charge on any atom is -0.330 e. The highest BCUT2D eigenvalue weighted by molar-refractivity contribution is 7.16. The zero-order valence-corrected chi connectivity index (χ0v) is 13.8. The summed E-state index contributed by atoms with van der Waals surface area (Å²) >= 11 is 1.66. The van der Waals surface area contributed by atoms with Crippen molar-refractivity contribution in [3.8, 4) is 0 Å². The zero-order valence-electron chi connectivity index (χ0n) is 13.0. The number of rotatable bonds is 5. The average Bonchev–Trinajstić information content (AvgIpc) is 3.05. The summed E-state index contributed by atoms with van der Waals surface area (Å²) in [5.41, 5.74) is 5.95. The van der Waals surface area contributed by atoms with E-state index in [-0.39, 0.29) is 0 Å². The summed E-state index contributed by atoms with van der Waals surface area (Å²) in [5.74, 6) is 2.57. The second kappa shape index (κ2) is 6.40. The number of nitrogens with zero attached hydrogens (tertiary/aromatic N) is 4. The standard InChI is InChI=1S/C15H25N5S/c1-10(2)8-12(9-16)14-19-20-13(17-18-15(20)21-14)11-6-4-3-5-7-11/h10-12H,3-9,16H2,1-2H3. The van der Waals surface area contributed by atoms with Gasteiger partial charge in [0.1, 0.15) is 5.01 Å².